The summed E-state index contributed by atoms with van der Waals surface area (Å²) < 4.78 is 6.55. The van der Waals surface area contributed by atoms with Crippen molar-refractivity contribution in [1.29, 1.82) is 0 Å². The van der Waals surface area contributed by atoms with Crippen LogP contribution >= 0.6 is 0 Å². The number of ether oxygens (including phenoxy) is 1. The fourth-order valence-electron chi connectivity index (χ4n) is 7.55. The Bertz CT molecular complexity index is 2670. The number of nitrogens with zero attached hydrogens (tertiary/aromatic N) is 3. The van der Waals surface area contributed by atoms with E-state index in [1.807, 2.05) is 30.3 Å². The van der Waals surface area contributed by atoms with Crippen LogP contribution in [-0.2, 0) is 0 Å². The summed E-state index contributed by atoms with van der Waals surface area (Å²) in [6.07, 6.45) is 6.19. The molecule has 0 spiro atoms. The Morgan fingerprint density at radius 2 is 1.10 bits per heavy atom. The van der Waals surface area contributed by atoms with E-state index < -0.39 is 0 Å². The van der Waals surface area contributed by atoms with Gasteiger partial charge in [0, 0.05) is 22.3 Å². The van der Waals surface area contributed by atoms with Crippen molar-refractivity contribution in [2.45, 2.75) is 12.0 Å². The molecule has 2 unspecified atom stereocenters. The first kappa shape index (κ1) is 29.3. The lowest BCUT2D eigenvalue weighted by atomic mass is 9.83. The monoisotopic (exact) mass is 653 g/mol. The van der Waals surface area contributed by atoms with Crippen LogP contribution in [0.3, 0.4) is 0 Å². The minimum absolute atomic E-state index is 0.0610. The number of hydrogen-bond acceptors (Lipinski definition) is 4. The lowest BCUT2D eigenvalue weighted by Gasteiger charge is -2.22. The van der Waals surface area contributed by atoms with E-state index >= 15 is 0 Å². The van der Waals surface area contributed by atoms with Crippen LogP contribution in [0, 0.1) is 0 Å². The fraction of sp³-hybridized carbons (Fsp3) is 0.0426. The van der Waals surface area contributed by atoms with Crippen molar-refractivity contribution in [3.63, 3.8) is 0 Å². The summed E-state index contributed by atoms with van der Waals surface area (Å²) in [5, 5.41) is 4.92. The standard InChI is InChI=1S/C47H31N3O/c1-2-12-33(13-3-1)45-48-46(34-23-20-31(21-24-34)36-25-22-30-10-4-5-14-35(30)28-36)50-47(49-45)40-18-9-19-43-44(40)41-29-37(26-27-42(41)51-43)39-17-8-15-32-11-6-7-16-38(32)39/h1-29,43-44H. The van der Waals surface area contributed by atoms with Gasteiger partial charge in [-0.15, -0.1) is 0 Å². The molecule has 10 rings (SSSR count). The molecule has 1 aliphatic carbocycles. The van der Waals surface area contributed by atoms with Gasteiger partial charge in [-0.1, -0.05) is 152 Å². The van der Waals surface area contributed by atoms with Gasteiger partial charge in [-0.25, -0.2) is 15.0 Å². The molecule has 0 fully saturated rings. The molecule has 1 aromatic heterocycles. The van der Waals surface area contributed by atoms with E-state index in [1.54, 1.807) is 0 Å². The van der Waals surface area contributed by atoms with Gasteiger partial charge >= 0.3 is 0 Å². The molecular weight excluding hydrogens is 623 g/mol. The normalized spacial score (nSPS) is 16.0. The molecule has 2 heterocycles. The molecule has 4 heteroatoms. The molecule has 0 N–H and O–H groups in total. The van der Waals surface area contributed by atoms with Gasteiger partial charge in [-0.05, 0) is 68.1 Å². The van der Waals surface area contributed by atoms with Crippen LogP contribution in [0.5, 0.6) is 5.75 Å². The minimum atomic E-state index is -0.149. The number of aromatic nitrogens is 3. The van der Waals surface area contributed by atoms with Gasteiger partial charge in [0.2, 0.25) is 0 Å². The van der Waals surface area contributed by atoms with Gasteiger partial charge < -0.3 is 4.74 Å². The van der Waals surface area contributed by atoms with E-state index in [4.69, 9.17) is 19.7 Å². The highest BCUT2D eigenvalue weighted by Crippen LogP contribution is 2.49. The highest BCUT2D eigenvalue weighted by atomic mass is 16.5. The SMILES string of the molecule is C1=CC2Oc3ccc(-c4cccc5ccccc45)cc3C2C(c2nc(-c3ccccc3)nc(-c3ccc(-c4ccc5ccccc5c4)cc3)n2)=C1. The van der Waals surface area contributed by atoms with E-state index in [2.05, 4.69) is 146 Å². The average molecular weight is 654 g/mol. The van der Waals surface area contributed by atoms with Crippen molar-refractivity contribution in [3.8, 4) is 50.8 Å². The van der Waals surface area contributed by atoms with Crippen molar-refractivity contribution in [3.05, 3.63) is 187 Å². The van der Waals surface area contributed by atoms with Gasteiger partial charge in [0.05, 0.1) is 5.92 Å². The fourth-order valence-corrected chi connectivity index (χ4v) is 7.55. The number of hydrogen-bond donors (Lipinski definition) is 0. The number of rotatable bonds is 5. The maximum atomic E-state index is 6.55. The van der Waals surface area contributed by atoms with Crippen molar-refractivity contribution in [1.82, 2.24) is 15.0 Å². The van der Waals surface area contributed by atoms with E-state index in [-0.39, 0.29) is 12.0 Å². The van der Waals surface area contributed by atoms with Gasteiger partial charge in [-0.3, -0.25) is 0 Å². The molecular formula is C47H31N3O. The largest absolute Gasteiger partial charge is 0.485 e. The summed E-state index contributed by atoms with van der Waals surface area (Å²) in [6, 6.07) is 55.3. The third kappa shape index (κ3) is 5.20. The van der Waals surface area contributed by atoms with Crippen LogP contribution in [0.4, 0.5) is 0 Å². The third-order valence-electron chi connectivity index (χ3n) is 10.1. The van der Waals surface area contributed by atoms with Crippen LogP contribution in [-0.4, -0.2) is 21.1 Å². The Balaban J connectivity index is 1.06. The molecule has 0 saturated heterocycles. The molecule has 1 aliphatic heterocycles. The first-order valence-electron chi connectivity index (χ1n) is 17.3. The van der Waals surface area contributed by atoms with Gasteiger partial charge in [0.25, 0.3) is 0 Å². The summed E-state index contributed by atoms with van der Waals surface area (Å²) in [6.45, 7) is 0. The van der Waals surface area contributed by atoms with Crippen molar-refractivity contribution >= 4 is 27.1 Å². The second kappa shape index (κ2) is 12.0. The second-order valence-electron chi connectivity index (χ2n) is 13.2. The Labute approximate surface area is 296 Å². The minimum Gasteiger partial charge on any atom is -0.485 e. The van der Waals surface area contributed by atoms with Crippen LogP contribution in [0.1, 0.15) is 17.3 Å². The van der Waals surface area contributed by atoms with Crippen LogP contribution < -0.4 is 4.74 Å². The zero-order chi connectivity index (χ0) is 33.7. The Morgan fingerprint density at radius 3 is 1.94 bits per heavy atom. The first-order chi connectivity index (χ1) is 25.2. The molecule has 51 heavy (non-hydrogen) atoms. The number of allylic oxidation sites excluding steroid dienone is 2. The topological polar surface area (TPSA) is 47.9 Å². The molecule has 2 aliphatic rings. The molecule has 0 bridgehead atoms. The Kier molecular flexibility index (Phi) is 6.91. The summed E-state index contributed by atoms with van der Waals surface area (Å²) in [7, 11) is 0. The zero-order valence-corrected chi connectivity index (χ0v) is 27.6. The quantitative estimate of drug-likeness (QED) is 0.185. The molecule has 0 amide bonds. The smallest absolute Gasteiger partial charge is 0.164 e. The third-order valence-corrected chi connectivity index (χ3v) is 10.1. The average Bonchev–Trinajstić information content (AvgIpc) is 3.59. The van der Waals surface area contributed by atoms with E-state index in [0.29, 0.717) is 17.5 Å². The molecule has 7 aromatic carbocycles. The Morgan fingerprint density at radius 1 is 0.451 bits per heavy atom. The lowest BCUT2D eigenvalue weighted by molar-refractivity contribution is 0.271. The maximum absolute atomic E-state index is 6.55. The highest BCUT2D eigenvalue weighted by molar-refractivity contribution is 5.97. The van der Waals surface area contributed by atoms with Crippen molar-refractivity contribution < 1.29 is 4.74 Å². The summed E-state index contributed by atoms with van der Waals surface area (Å²) in [4.78, 5) is 15.3. The lowest BCUT2D eigenvalue weighted by Crippen LogP contribution is -2.20. The maximum Gasteiger partial charge on any atom is 0.164 e. The predicted molar refractivity (Wildman–Crippen MR) is 207 cm³/mol. The predicted octanol–water partition coefficient (Wildman–Crippen LogP) is 11.3. The van der Waals surface area contributed by atoms with Gasteiger partial charge in [-0.2, -0.15) is 0 Å². The number of fused-ring (bicyclic) bond motifs is 5. The van der Waals surface area contributed by atoms with E-state index in [0.717, 1.165) is 39.1 Å². The summed E-state index contributed by atoms with van der Waals surface area (Å²) in [5.41, 5.74) is 8.73. The second-order valence-corrected chi connectivity index (χ2v) is 13.2. The van der Waals surface area contributed by atoms with Gasteiger partial charge in [0.1, 0.15) is 11.9 Å². The molecule has 4 nitrogen and oxygen atoms in total. The zero-order valence-electron chi connectivity index (χ0n) is 27.6. The number of benzene rings is 7. The van der Waals surface area contributed by atoms with Gasteiger partial charge in [0.15, 0.2) is 17.5 Å². The van der Waals surface area contributed by atoms with E-state index in [9.17, 15) is 0 Å². The molecule has 2 atom stereocenters. The van der Waals surface area contributed by atoms with Crippen LogP contribution in [0.25, 0.3) is 72.1 Å². The molecule has 0 radical (unpaired) electrons. The summed E-state index contributed by atoms with van der Waals surface area (Å²) in [5.74, 6) is 2.77. The Hall–Kier alpha value is -6.65. The molecule has 8 aromatic rings. The molecule has 0 saturated carbocycles. The van der Waals surface area contributed by atoms with Crippen LogP contribution in [0.15, 0.2) is 176 Å². The summed E-state index contributed by atoms with van der Waals surface area (Å²) >= 11 is 0. The van der Waals surface area contributed by atoms with E-state index in [1.165, 1.54) is 32.7 Å². The van der Waals surface area contributed by atoms with Crippen molar-refractivity contribution in [2.75, 3.05) is 0 Å². The molecule has 240 valence electrons. The van der Waals surface area contributed by atoms with Crippen molar-refractivity contribution in [2.24, 2.45) is 0 Å². The highest BCUT2D eigenvalue weighted by Gasteiger charge is 2.39. The first-order valence-corrected chi connectivity index (χ1v) is 17.3. The van der Waals surface area contributed by atoms with Crippen LogP contribution in [0.2, 0.25) is 0 Å².